The average molecular weight is 241 g/mol. The SMILES string of the molecule is c1cn(CCNCc2ccc3c(c2)CCC3)cn1. The first-order chi connectivity index (χ1) is 8.92. The van der Waals surface area contributed by atoms with Gasteiger partial charge < -0.3 is 9.88 Å². The van der Waals surface area contributed by atoms with E-state index in [2.05, 4.69) is 33.1 Å². The monoisotopic (exact) mass is 241 g/mol. The fraction of sp³-hybridized carbons (Fsp3) is 0.400. The highest BCUT2D eigenvalue weighted by Crippen LogP contribution is 2.22. The van der Waals surface area contributed by atoms with Crippen molar-refractivity contribution in [2.24, 2.45) is 0 Å². The predicted molar refractivity (Wildman–Crippen MR) is 72.4 cm³/mol. The van der Waals surface area contributed by atoms with E-state index in [9.17, 15) is 0 Å². The van der Waals surface area contributed by atoms with E-state index < -0.39 is 0 Å². The van der Waals surface area contributed by atoms with Crippen LogP contribution in [0.3, 0.4) is 0 Å². The molecule has 0 bridgehead atoms. The van der Waals surface area contributed by atoms with Crippen LogP contribution in [-0.2, 0) is 25.9 Å². The van der Waals surface area contributed by atoms with Crippen LogP contribution in [0.4, 0.5) is 0 Å². The first-order valence-electron chi connectivity index (χ1n) is 6.69. The minimum atomic E-state index is 0.960. The summed E-state index contributed by atoms with van der Waals surface area (Å²) in [6.45, 7) is 2.92. The van der Waals surface area contributed by atoms with Crippen molar-refractivity contribution in [3.8, 4) is 0 Å². The summed E-state index contributed by atoms with van der Waals surface area (Å²) >= 11 is 0. The van der Waals surface area contributed by atoms with Crippen LogP contribution >= 0.6 is 0 Å². The molecule has 1 aromatic heterocycles. The summed E-state index contributed by atoms with van der Waals surface area (Å²) in [5.74, 6) is 0. The predicted octanol–water partition coefficient (Wildman–Crippen LogP) is 2.16. The zero-order chi connectivity index (χ0) is 12.2. The van der Waals surface area contributed by atoms with Gasteiger partial charge in [-0.05, 0) is 36.0 Å². The third-order valence-electron chi connectivity index (χ3n) is 3.60. The Kier molecular flexibility index (Phi) is 3.42. The van der Waals surface area contributed by atoms with Crippen LogP contribution in [0.1, 0.15) is 23.1 Å². The summed E-state index contributed by atoms with van der Waals surface area (Å²) < 4.78 is 2.09. The van der Waals surface area contributed by atoms with E-state index in [1.807, 2.05) is 18.7 Å². The summed E-state index contributed by atoms with van der Waals surface area (Å²) in [4.78, 5) is 4.03. The molecule has 94 valence electrons. The molecule has 1 N–H and O–H groups in total. The van der Waals surface area contributed by atoms with Crippen molar-refractivity contribution in [3.05, 3.63) is 53.6 Å². The highest BCUT2D eigenvalue weighted by molar-refractivity contribution is 5.35. The molecule has 0 amide bonds. The summed E-state index contributed by atoms with van der Waals surface area (Å²) in [7, 11) is 0. The highest BCUT2D eigenvalue weighted by atomic mass is 15.0. The van der Waals surface area contributed by atoms with E-state index in [4.69, 9.17) is 0 Å². The average Bonchev–Trinajstić information content (AvgIpc) is 3.05. The summed E-state index contributed by atoms with van der Waals surface area (Å²) in [6.07, 6.45) is 9.53. The molecule has 0 saturated carbocycles. The molecule has 3 heteroatoms. The Bertz CT molecular complexity index is 502. The van der Waals surface area contributed by atoms with Crippen LogP contribution in [0, 0.1) is 0 Å². The highest BCUT2D eigenvalue weighted by Gasteiger charge is 2.10. The Morgan fingerprint density at radius 2 is 2.17 bits per heavy atom. The number of imidazole rings is 1. The third kappa shape index (κ3) is 2.62. The molecule has 1 heterocycles. The molecular weight excluding hydrogens is 222 g/mol. The van der Waals surface area contributed by atoms with Crippen LogP contribution in [0.25, 0.3) is 0 Å². The van der Waals surface area contributed by atoms with Crippen molar-refractivity contribution < 1.29 is 0 Å². The lowest BCUT2D eigenvalue weighted by atomic mass is 10.1. The molecule has 0 spiro atoms. The first kappa shape index (κ1) is 11.5. The molecule has 1 aromatic carbocycles. The van der Waals surface area contributed by atoms with Crippen molar-refractivity contribution in [1.29, 1.82) is 0 Å². The second kappa shape index (κ2) is 5.36. The van der Waals surface area contributed by atoms with Gasteiger partial charge in [0.05, 0.1) is 6.33 Å². The smallest absolute Gasteiger partial charge is 0.0946 e. The molecule has 1 aliphatic rings. The van der Waals surface area contributed by atoms with Gasteiger partial charge in [0.1, 0.15) is 0 Å². The molecule has 1 aliphatic carbocycles. The molecule has 2 aromatic rings. The Labute approximate surface area is 108 Å². The zero-order valence-electron chi connectivity index (χ0n) is 10.6. The Morgan fingerprint density at radius 3 is 3.06 bits per heavy atom. The Hall–Kier alpha value is -1.61. The Balaban J connectivity index is 1.48. The zero-order valence-corrected chi connectivity index (χ0v) is 10.6. The summed E-state index contributed by atoms with van der Waals surface area (Å²) in [5, 5.41) is 3.48. The van der Waals surface area contributed by atoms with E-state index in [-0.39, 0.29) is 0 Å². The van der Waals surface area contributed by atoms with E-state index in [1.54, 1.807) is 11.1 Å². The topological polar surface area (TPSA) is 29.9 Å². The lowest BCUT2D eigenvalue weighted by Gasteiger charge is -2.07. The van der Waals surface area contributed by atoms with Crippen LogP contribution in [0.15, 0.2) is 36.9 Å². The summed E-state index contributed by atoms with van der Waals surface area (Å²) in [6, 6.07) is 6.93. The lowest BCUT2D eigenvalue weighted by molar-refractivity contribution is 0.597. The van der Waals surface area contributed by atoms with E-state index in [0.29, 0.717) is 0 Å². The van der Waals surface area contributed by atoms with E-state index in [1.165, 1.54) is 24.8 Å². The van der Waals surface area contributed by atoms with Gasteiger partial charge in [-0.25, -0.2) is 4.98 Å². The van der Waals surface area contributed by atoms with Crippen molar-refractivity contribution >= 4 is 0 Å². The van der Waals surface area contributed by atoms with Gasteiger partial charge in [-0.1, -0.05) is 18.2 Å². The molecular formula is C15H19N3. The number of hydrogen-bond donors (Lipinski definition) is 1. The number of nitrogens with one attached hydrogen (secondary N) is 1. The maximum Gasteiger partial charge on any atom is 0.0946 e. The molecule has 0 radical (unpaired) electrons. The van der Waals surface area contributed by atoms with Crippen molar-refractivity contribution in [1.82, 2.24) is 14.9 Å². The quantitative estimate of drug-likeness (QED) is 0.813. The number of nitrogens with zero attached hydrogens (tertiary/aromatic N) is 2. The molecule has 0 aliphatic heterocycles. The van der Waals surface area contributed by atoms with Crippen molar-refractivity contribution in [2.75, 3.05) is 6.54 Å². The van der Waals surface area contributed by atoms with Crippen LogP contribution in [0.5, 0.6) is 0 Å². The van der Waals surface area contributed by atoms with E-state index >= 15 is 0 Å². The lowest BCUT2D eigenvalue weighted by Crippen LogP contribution is -2.19. The van der Waals surface area contributed by atoms with Gasteiger partial charge in [-0.15, -0.1) is 0 Å². The first-order valence-corrected chi connectivity index (χ1v) is 6.69. The van der Waals surface area contributed by atoms with E-state index in [0.717, 1.165) is 19.6 Å². The van der Waals surface area contributed by atoms with Gasteiger partial charge in [0, 0.05) is 32.0 Å². The second-order valence-electron chi connectivity index (χ2n) is 4.93. The molecule has 0 atom stereocenters. The molecule has 0 fully saturated rings. The number of benzene rings is 1. The molecule has 3 rings (SSSR count). The molecule has 18 heavy (non-hydrogen) atoms. The second-order valence-corrected chi connectivity index (χ2v) is 4.93. The van der Waals surface area contributed by atoms with Gasteiger partial charge in [-0.3, -0.25) is 0 Å². The standard InChI is InChI=1S/C15H19N3/c1-2-14-5-4-13(10-15(14)3-1)11-16-6-8-18-9-7-17-12-18/h4-5,7,9-10,12,16H,1-3,6,8,11H2. The fourth-order valence-electron chi connectivity index (χ4n) is 2.60. The number of aromatic nitrogens is 2. The largest absolute Gasteiger partial charge is 0.336 e. The van der Waals surface area contributed by atoms with Gasteiger partial charge in [0.25, 0.3) is 0 Å². The summed E-state index contributed by atoms with van der Waals surface area (Å²) in [5.41, 5.74) is 4.52. The van der Waals surface area contributed by atoms with Crippen molar-refractivity contribution in [2.45, 2.75) is 32.4 Å². The molecule has 0 saturated heterocycles. The minimum absolute atomic E-state index is 0.960. The van der Waals surface area contributed by atoms with Gasteiger partial charge >= 0.3 is 0 Å². The van der Waals surface area contributed by atoms with Crippen LogP contribution in [0.2, 0.25) is 0 Å². The Morgan fingerprint density at radius 1 is 1.22 bits per heavy atom. The minimum Gasteiger partial charge on any atom is -0.336 e. The normalized spacial score (nSPS) is 13.8. The number of aryl methyl sites for hydroxylation is 2. The fourth-order valence-corrected chi connectivity index (χ4v) is 2.60. The number of rotatable bonds is 5. The molecule has 0 unspecified atom stereocenters. The van der Waals surface area contributed by atoms with Crippen molar-refractivity contribution in [3.63, 3.8) is 0 Å². The number of hydrogen-bond acceptors (Lipinski definition) is 2. The maximum absolute atomic E-state index is 4.03. The van der Waals surface area contributed by atoms with Crippen LogP contribution < -0.4 is 5.32 Å². The van der Waals surface area contributed by atoms with Gasteiger partial charge in [0.2, 0.25) is 0 Å². The van der Waals surface area contributed by atoms with Crippen LogP contribution in [-0.4, -0.2) is 16.1 Å². The maximum atomic E-state index is 4.03. The van der Waals surface area contributed by atoms with Gasteiger partial charge in [0.15, 0.2) is 0 Å². The third-order valence-corrected chi connectivity index (χ3v) is 3.60. The van der Waals surface area contributed by atoms with Gasteiger partial charge in [-0.2, -0.15) is 0 Å². The number of fused-ring (bicyclic) bond motifs is 1. The molecule has 3 nitrogen and oxygen atoms in total.